The van der Waals surface area contributed by atoms with Crippen LogP contribution in [0.4, 0.5) is 5.69 Å². The molecule has 2 aromatic heterocycles. The lowest BCUT2D eigenvalue weighted by Crippen LogP contribution is -2.31. The van der Waals surface area contributed by atoms with E-state index in [2.05, 4.69) is 72.3 Å². The van der Waals surface area contributed by atoms with Crippen LogP contribution in [0.25, 0.3) is 22.1 Å². The number of fused-ring (bicyclic) bond motifs is 8. The second kappa shape index (κ2) is 5.13. The highest BCUT2D eigenvalue weighted by Gasteiger charge is 2.48. The van der Waals surface area contributed by atoms with Gasteiger partial charge in [-0.25, -0.2) is 4.98 Å². The van der Waals surface area contributed by atoms with E-state index in [4.69, 9.17) is 4.42 Å². The number of aryl methyl sites for hydroxylation is 2. The Labute approximate surface area is 158 Å². The van der Waals surface area contributed by atoms with E-state index in [-0.39, 0.29) is 0 Å². The zero-order valence-corrected chi connectivity index (χ0v) is 15.9. The molecule has 2 aromatic carbocycles. The van der Waals surface area contributed by atoms with Crippen LogP contribution in [0.3, 0.4) is 0 Å². The molecule has 2 bridgehead atoms. The van der Waals surface area contributed by atoms with Crippen molar-refractivity contribution in [1.82, 2.24) is 4.98 Å². The van der Waals surface area contributed by atoms with Crippen LogP contribution in [-0.4, -0.2) is 17.6 Å². The maximum atomic E-state index is 6.37. The minimum Gasteiger partial charge on any atom is -0.437 e. The molecule has 0 saturated carbocycles. The molecule has 4 aromatic rings. The molecule has 3 heteroatoms. The van der Waals surface area contributed by atoms with E-state index in [0.29, 0.717) is 17.9 Å². The van der Waals surface area contributed by atoms with E-state index in [9.17, 15) is 0 Å². The molecular weight excluding hydrogens is 332 g/mol. The summed E-state index contributed by atoms with van der Waals surface area (Å²) < 4.78 is 6.37. The fraction of sp³-hybridized carbons (Fsp3) is 0.292. The number of hydrogen-bond acceptors (Lipinski definition) is 3. The molecule has 1 fully saturated rings. The summed E-state index contributed by atoms with van der Waals surface area (Å²) in [6.45, 7) is 7.71. The molecule has 0 aliphatic carbocycles. The van der Waals surface area contributed by atoms with Crippen molar-refractivity contribution in [3.8, 4) is 0 Å². The highest BCUT2D eigenvalue weighted by atomic mass is 16.3. The van der Waals surface area contributed by atoms with Gasteiger partial charge in [0.05, 0.1) is 0 Å². The first-order chi connectivity index (χ1) is 13.1. The molecule has 2 unspecified atom stereocenters. The highest BCUT2D eigenvalue weighted by Crippen LogP contribution is 2.55. The molecule has 3 nitrogen and oxygen atoms in total. The van der Waals surface area contributed by atoms with E-state index in [0.717, 1.165) is 28.9 Å². The summed E-state index contributed by atoms with van der Waals surface area (Å²) in [5, 5.41) is 2.31. The SMILES string of the molecule is Cc1ccc2c(n1)oc1c(C3C4CN(c5ccccc54)[C@@H]3C)c(C)ccc12. The Morgan fingerprint density at radius 2 is 1.81 bits per heavy atom. The van der Waals surface area contributed by atoms with Gasteiger partial charge in [-0.05, 0) is 50.1 Å². The molecule has 134 valence electrons. The van der Waals surface area contributed by atoms with Gasteiger partial charge in [0.25, 0.3) is 0 Å². The van der Waals surface area contributed by atoms with Gasteiger partial charge in [-0.15, -0.1) is 0 Å². The number of anilines is 1. The topological polar surface area (TPSA) is 29.3 Å². The number of aromatic nitrogens is 1. The molecule has 0 amide bonds. The molecule has 6 rings (SSSR count). The third-order valence-corrected chi connectivity index (χ3v) is 6.72. The first-order valence-electron chi connectivity index (χ1n) is 9.78. The van der Waals surface area contributed by atoms with Gasteiger partial charge in [0.2, 0.25) is 5.71 Å². The van der Waals surface area contributed by atoms with E-state index in [1.165, 1.54) is 27.8 Å². The smallest absolute Gasteiger partial charge is 0.227 e. The molecule has 2 aliphatic rings. The van der Waals surface area contributed by atoms with Gasteiger partial charge in [-0.2, -0.15) is 0 Å². The van der Waals surface area contributed by atoms with Crippen LogP contribution in [0.5, 0.6) is 0 Å². The van der Waals surface area contributed by atoms with Gasteiger partial charge in [-0.3, -0.25) is 0 Å². The summed E-state index contributed by atoms with van der Waals surface area (Å²) in [5.41, 5.74) is 8.38. The quantitative estimate of drug-likeness (QED) is 0.440. The molecule has 0 spiro atoms. The molecule has 3 atom stereocenters. The summed E-state index contributed by atoms with van der Waals surface area (Å²) in [7, 11) is 0. The number of para-hydroxylation sites is 1. The highest BCUT2D eigenvalue weighted by molar-refractivity contribution is 6.05. The average molecular weight is 354 g/mol. The summed E-state index contributed by atoms with van der Waals surface area (Å²) in [4.78, 5) is 7.21. The van der Waals surface area contributed by atoms with Gasteiger partial charge in [0.15, 0.2) is 0 Å². The Balaban J connectivity index is 1.62. The lowest BCUT2D eigenvalue weighted by atomic mass is 9.77. The zero-order valence-electron chi connectivity index (χ0n) is 15.9. The van der Waals surface area contributed by atoms with Crippen molar-refractivity contribution in [3.05, 3.63) is 70.9 Å². The fourth-order valence-electron chi connectivity index (χ4n) is 5.48. The molecule has 27 heavy (non-hydrogen) atoms. The van der Waals surface area contributed by atoms with Crippen molar-refractivity contribution in [3.63, 3.8) is 0 Å². The number of rotatable bonds is 1. The molecule has 0 N–H and O–H groups in total. The average Bonchev–Trinajstić information content (AvgIpc) is 3.31. The van der Waals surface area contributed by atoms with Crippen molar-refractivity contribution in [2.24, 2.45) is 0 Å². The maximum Gasteiger partial charge on any atom is 0.227 e. The van der Waals surface area contributed by atoms with Gasteiger partial charge < -0.3 is 9.32 Å². The van der Waals surface area contributed by atoms with Crippen LogP contribution in [0.1, 0.15) is 41.1 Å². The maximum absolute atomic E-state index is 6.37. The van der Waals surface area contributed by atoms with Crippen LogP contribution in [0, 0.1) is 13.8 Å². The number of nitrogens with zero attached hydrogens (tertiary/aromatic N) is 2. The molecule has 2 aliphatic heterocycles. The summed E-state index contributed by atoms with van der Waals surface area (Å²) in [5.74, 6) is 0.980. The lowest BCUT2D eigenvalue weighted by molar-refractivity contribution is 0.555. The third kappa shape index (κ3) is 1.89. The van der Waals surface area contributed by atoms with Crippen LogP contribution < -0.4 is 4.90 Å². The van der Waals surface area contributed by atoms with E-state index < -0.39 is 0 Å². The minimum absolute atomic E-state index is 0.449. The number of hydrogen-bond donors (Lipinski definition) is 0. The molecule has 1 saturated heterocycles. The second-order valence-corrected chi connectivity index (χ2v) is 8.16. The number of benzene rings is 2. The monoisotopic (exact) mass is 354 g/mol. The molecular formula is C24H22N2O. The Morgan fingerprint density at radius 1 is 1.00 bits per heavy atom. The van der Waals surface area contributed by atoms with Gasteiger partial charge >= 0.3 is 0 Å². The van der Waals surface area contributed by atoms with Crippen LogP contribution in [-0.2, 0) is 0 Å². The largest absolute Gasteiger partial charge is 0.437 e. The Hall–Kier alpha value is -2.81. The van der Waals surface area contributed by atoms with Gasteiger partial charge in [0.1, 0.15) is 5.58 Å². The van der Waals surface area contributed by atoms with Gasteiger partial charge in [-0.1, -0.05) is 30.3 Å². The van der Waals surface area contributed by atoms with Crippen molar-refractivity contribution in [1.29, 1.82) is 0 Å². The predicted molar refractivity (Wildman–Crippen MR) is 110 cm³/mol. The van der Waals surface area contributed by atoms with Crippen LogP contribution >= 0.6 is 0 Å². The van der Waals surface area contributed by atoms with Gasteiger partial charge in [0, 0.05) is 52.1 Å². The molecule has 4 heterocycles. The fourth-order valence-corrected chi connectivity index (χ4v) is 5.48. The van der Waals surface area contributed by atoms with Crippen molar-refractivity contribution in [2.45, 2.75) is 38.6 Å². The first-order valence-corrected chi connectivity index (χ1v) is 9.78. The normalized spacial score (nSPS) is 23.5. The Morgan fingerprint density at radius 3 is 2.70 bits per heavy atom. The van der Waals surface area contributed by atoms with E-state index in [1.807, 2.05) is 6.92 Å². The van der Waals surface area contributed by atoms with Crippen molar-refractivity contribution < 1.29 is 4.42 Å². The van der Waals surface area contributed by atoms with Crippen LogP contribution in [0.15, 0.2) is 52.9 Å². The van der Waals surface area contributed by atoms with E-state index >= 15 is 0 Å². The number of furan rings is 1. The predicted octanol–water partition coefficient (Wildman–Crippen LogP) is 5.69. The number of pyridine rings is 1. The Kier molecular flexibility index (Phi) is 2.90. The standard InChI is InChI=1S/C24H22N2O/c1-13-8-10-17-18-11-9-14(2)25-24(18)27-23(17)21(13)22-15(3)26-12-19(22)16-6-4-5-7-20(16)26/h4-11,15,19,22H,12H2,1-3H3/t15-,19?,22?/m1/s1. The second-order valence-electron chi connectivity index (χ2n) is 8.16. The van der Waals surface area contributed by atoms with Crippen molar-refractivity contribution >= 4 is 27.8 Å². The lowest BCUT2D eigenvalue weighted by Gasteiger charge is -2.33. The van der Waals surface area contributed by atoms with Crippen molar-refractivity contribution in [2.75, 3.05) is 11.4 Å². The van der Waals surface area contributed by atoms with E-state index in [1.54, 1.807) is 0 Å². The summed E-state index contributed by atoms with van der Waals surface area (Å²) in [6.07, 6.45) is 0. The first kappa shape index (κ1) is 15.3. The summed E-state index contributed by atoms with van der Waals surface area (Å²) in [6, 6.07) is 18.0. The molecule has 0 radical (unpaired) electrons. The van der Waals surface area contributed by atoms with Crippen LogP contribution in [0.2, 0.25) is 0 Å². The third-order valence-electron chi connectivity index (χ3n) is 6.72. The zero-order chi connectivity index (χ0) is 18.3. The summed E-state index contributed by atoms with van der Waals surface area (Å²) >= 11 is 0. The Bertz CT molecular complexity index is 1220. The minimum atomic E-state index is 0.449.